The van der Waals surface area contributed by atoms with E-state index in [0.29, 0.717) is 6.54 Å². The Morgan fingerprint density at radius 1 is 1.35 bits per heavy atom. The zero-order valence-electron chi connectivity index (χ0n) is 14.5. The lowest BCUT2D eigenvalue weighted by molar-refractivity contribution is -0.386. The molecule has 0 aliphatic rings. The van der Waals surface area contributed by atoms with Crippen molar-refractivity contribution in [2.75, 3.05) is 6.54 Å². The fourth-order valence-electron chi connectivity index (χ4n) is 2.29. The van der Waals surface area contributed by atoms with Crippen LogP contribution in [-0.2, 0) is 6.73 Å². The van der Waals surface area contributed by atoms with Gasteiger partial charge in [-0.15, -0.1) is 0 Å². The number of halogens is 1. The Morgan fingerprint density at radius 2 is 2.15 bits per heavy atom. The van der Waals surface area contributed by atoms with Crippen molar-refractivity contribution in [3.8, 4) is 5.75 Å². The molecule has 0 aliphatic heterocycles. The molecule has 8 nitrogen and oxygen atoms in total. The van der Waals surface area contributed by atoms with E-state index < -0.39 is 10.7 Å². The molecule has 0 radical (unpaired) electrons. The Balaban J connectivity index is 1.90. The van der Waals surface area contributed by atoms with Gasteiger partial charge in [-0.25, -0.2) is 9.07 Å². The Kier molecular flexibility index (Phi) is 7.07. The van der Waals surface area contributed by atoms with Crippen LogP contribution >= 0.6 is 0 Å². The van der Waals surface area contributed by atoms with Crippen LogP contribution in [0.4, 0.5) is 10.1 Å². The first kappa shape index (κ1) is 19.4. The first-order chi connectivity index (χ1) is 12.5. The van der Waals surface area contributed by atoms with E-state index in [2.05, 4.69) is 17.3 Å². The molecule has 26 heavy (non-hydrogen) atoms. The number of carbonyl (C=O) groups is 1. The second-order valence-electron chi connectivity index (χ2n) is 5.70. The number of unbranched alkanes of at least 4 members (excludes halogenated alkanes) is 3. The number of nitrogens with one attached hydrogen (secondary N) is 1. The number of hydrogen-bond acceptors (Lipinski definition) is 5. The molecule has 0 aliphatic carbocycles. The van der Waals surface area contributed by atoms with Crippen molar-refractivity contribution in [2.24, 2.45) is 0 Å². The number of carbonyl (C=O) groups excluding carboxylic acids is 1. The second-order valence-corrected chi connectivity index (χ2v) is 5.70. The highest BCUT2D eigenvalue weighted by Crippen LogP contribution is 2.27. The summed E-state index contributed by atoms with van der Waals surface area (Å²) in [5.41, 5.74) is -0.124. The van der Waals surface area contributed by atoms with Gasteiger partial charge < -0.3 is 10.1 Å². The molecular formula is C17H21FN4O4. The smallest absolute Gasteiger partial charge is 0.311 e. The van der Waals surface area contributed by atoms with Crippen molar-refractivity contribution in [2.45, 2.75) is 39.3 Å². The first-order valence-corrected chi connectivity index (χ1v) is 8.39. The number of nitrogens with zero attached hydrogens (tertiary/aromatic N) is 3. The molecule has 0 saturated carbocycles. The normalized spacial score (nSPS) is 10.5. The summed E-state index contributed by atoms with van der Waals surface area (Å²) in [6, 6.07) is 4.48. The average Bonchev–Trinajstić information content (AvgIpc) is 3.08. The summed E-state index contributed by atoms with van der Waals surface area (Å²) < 4.78 is 19.8. The van der Waals surface area contributed by atoms with Crippen molar-refractivity contribution >= 4 is 11.6 Å². The van der Waals surface area contributed by atoms with E-state index >= 15 is 0 Å². The molecule has 140 valence electrons. The van der Waals surface area contributed by atoms with Gasteiger partial charge in [-0.1, -0.05) is 26.2 Å². The number of rotatable bonds is 10. The average molecular weight is 364 g/mol. The molecule has 1 heterocycles. The zero-order chi connectivity index (χ0) is 18.9. The highest BCUT2D eigenvalue weighted by atomic mass is 19.1. The molecule has 0 fully saturated rings. The van der Waals surface area contributed by atoms with Crippen LogP contribution in [0.2, 0.25) is 0 Å². The molecular weight excluding hydrogens is 343 g/mol. The summed E-state index contributed by atoms with van der Waals surface area (Å²) in [7, 11) is 0. The van der Waals surface area contributed by atoms with Gasteiger partial charge in [0, 0.05) is 24.9 Å². The van der Waals surface area contributed by atoms with Crippen molar-refractivity contribution in [3.63, 3.8) is 0 Å². The van der Waals surface area contributed by atoms with Crippen LogP contribution in [0.25, 0.3) is 0 Å². The summed E-state index contributed by atoms with van der Waals surface area (Å²) in [5.74, 6) is -1.14. The monoisotopic (exact) mass is 364 g/mol. The molecule has 2 aromatic rings. The van der Waals surface area contributed by atoms with E-state index in [0.717, 1.165) is 43.9 Å². The Bertz CT molecular complexity index is 763. The van der Waals surface area contributed by atoms with Gasteiger partial charge in [0.15, 0.2) is 6.73 Å². The van der Waals surface area contributed by atoms with E-state index in [9.17, 15) is 19.3 Å². The lowest BCUT2D eigenvalue weighted by Gasteiger charge is -2.07. The topological polar surface area (TPSA) is 99.3 Å². The third-order valence-electron chi connectivity index (χ3n) is 3.66. The Hall–Kier alpha value is -2.97. The number of nitro groups is 1. The fourth-order valence-corrected chi connectivity index (χ4v) is 2.29. The Labute approximate surface area is 150 Å². The van der Waals surface area contributed by atoms with Gasteiger partial charge in [-0.05, 0) is 18.6 Å². The largest absolute Gasteiger partial charge is 0.464 e. The maximum atomic E-state index is 13.3. The molecule has 9 heteroatoms. The fraction of sp³-hybridized carbons (Fsp3) is 0.412. The number of ether oxygens (including phenoxy) is 1. The highest BCUT2D eigenvalue weighted by Gasteiger charge is 2.16. The van der Waals surface area contributed by atoms with Gasteiger partial charge >= 0.3 is 5.69 Å². The van der Waals surface area contributed by atoms with Crippen LogP contribution in [0.1, 0.15) is 43.1 Å². The summed E-state index contributed by atoms with van der Waals surface area (Å²) in [6.07, 6.45) is 5.74. The minimum atomic E-state index is -0.657. The molecule has 2 rings (SSSR count). The SMILES string of the molecule is CCCCCCNC(=O)c1ccn(COc2cc(F)ccc2[N+](=O)[O-])n1. The lowest BCUT2D eigenvalue weighted by atomic mass is 10.2. The van der Waals surface area contributed by atoms with Gasteiger partial charge in [0.25, 0.3) is 5.91 Å². The molecule has 0 spiro atoms. The van der Waals surface area contributed by atoms with Crippen molar-refractivity contribution in [3.05, 3.63) is 52.1 Å². The predicted molar refractivity (Wildman–Crippen MR) is 92.4 cm³/mol. The van der Waals surface area contributed by atoms with Gasteiger partial charge in [0.2, 0.25) is 5.75 Å². The predicted octanol–water partition coefficient (Wildman–Crippen LogP) is 3.28. The van der Waals surface area contributed by atoms with Gasteiger partial charge in [-0.2, -0.15) is 5.10 Å². The standard InChI is InChI=1S/C17H21FN4O4/c1-2-3-4-5-9-19-17(23)14-8-10-21(20-14)12-26-16-11-13(18)6-7-15(16)22(24)25/h6-8,10-11H,2-5,9,12H2,1H3,(H,19,23). The summed E-state index contributed by atoms with van der Waals surface area (Å²) in [6.45, 7) is 2.51. The first-order valence-electron chi connectivity index (χ1n) is 8.39. The number of hydrogen-bond donors (Lipinski definition) is 1. The van der Waals surface area contributed by atoms with Gasteiger partial charge in [-0.3, -0.25) is 14.9 Å². The molecule has 0 atom stereocenters. The number of nitro benzene ring substituents is 1. The van der Waals surface area contributed by atoms with Crippen LogP contribution < -0.4 is 10.1 Å². The molecule has 0 bridgehead atoms. The molecule has 0 unspecified atom stereocenters. The summed E-state index contributed by atoms with van der Waals surface area (Å²) >= 11 is 0. The van der Waals surface area contributed by atoms with E-state index in [1.807, 2.05) is 0 Å². The molecule has 1 aromatic carbocycles. The maximum absolute atomic E-state index is 13.3. The minimum absolute atomic E-state index is 0.186. The van der Waals surface area contributed by atoms with Gasteiger partial charge in [0.1, 0.15) is 11.5 Å². The van der Waals surface area contributed by atoms with E-state index in [-0.39, 0.29) is 29.8 Å². The molecule has 0 saturated heterocycles. The van der Waals surface area contributed by atoms with Crippen LogP contribution in [0.5, 0.6) is 5.75 Å². The van der Waals surface area contributed by atoms with Crippen molar-refractivity contribution in [1.82, 2.24) is 15.1 Å². The van der Waals surface area contributed by atoms with Crippen LogP contribution in [0.15, 0.2) is 30.5 Å². The third kappa shape index (κ3) is 5.54. The highest BCUT2D eigenvalue weighted by molar-refractivity contribution is 5.92. The summed E-state index contributed by atoms with van der Waals surface area (Å²) in [5, 5.41) is 17.8. The van der Waals surface area contributed by atoms with Crippen LogP contribution in [0, 0.1) is 15.9 Å². The number of aromatic nitrogens is 2. The van der Waals surface area contributed by atoms with Gasteiger partial charge in [0.05, 0.1) is 4.92 Å². The van der Waals surface area contributed by atoms with Crippen LogP contribution in [0.3, 0.4) is 0 Å². The molecule has 1 amide bonds. The summed E-state index contributed by atoms with van der Waals surface area (Å²) in [4.78, 5) is 22.3. The third-order valence-corrected chi connectivity index (χ3v) is 3.66. The lowest BCUT2D eigenvalue weighted by Crippen LogP contribution is -2.25. The van der Waals surface area contributed by atoms with E-state index in [1.165, 1.54) is 16.9 Å². The zero-order valence-corrected chi connectivity index (χ0v) is 14.5. The van der Waals surface area contributed by atoms with Crippen LogP contribution in [-0.4, -0.2) is 27.2 Å². The Morgan fingerprint density at radius 3 is 2.88 bits per heavy atom. The van der Waals surface area contributed by atoms with Crippen molar-refractivity contribution < 1.29 is 18.8 Å². The van der Waals surface area contributed by atoms with Crippen molar-refractivity contribution in [1.29, 1.82) is 0 Å². The quantitative estimate of drug-likeness (QED) is 0.396. The molecule has 1 aromatic heterocycles. The molecule has 1 N–H and O–H groups in total. The van der Waals surface area contributed by atoms with E-state index in [4.69, 9.17) is 4.74 Å². The maximum Gasteiger partial charge on any atom is 0.311 e. The number of benzene rings is 1. The number of amides is 1. The second kappa shape index (κ2) is 9.50. The van der Waals surface area contributed by atoms with E-state index in [1.54, 1.807) is 0 Å². The minimum Gasteiger partial charge on any atom is -0.464 e.